The number of aliphatic hydroxyl groups is 1. The van der Waals surface area contributed by atoms with E-state index in [1.54, 1.807) is 0 Å². The van der Waals surface area contributed by atoms with Gasteiger partial charge in [0.05, 0.1) is 11.8 Å². The van der Waals surface area contributed by atoms with Crippen LogP contribution in [0.3, 0.4) is 0 Å². The van der Waals surface area contributed by atoms with Crippen LogP contribution in [0.25, 0.3) is 6.08 Å². The third kappa shape index (κ3) is 2.74. The summed E-state index contributed by atoms with van der Waals surface area (Å²) in [6, 6.07) is 2.01. The van der Waals surface area contributed by atoms with Crippen molar-refractivity contribution in [1.29, 1.82) is 0 Å². The zero-order chi connectivity index (χ0) is 20.4. The number of aromatic nitrogens is 2. The molecular formula is C25H34N2O2. The Morgan fingerprint density at radius 1 is 1.21 bits per heavy atom. The number of allylic oxidation sites excluding steroid dienone is 2. The molecule has 156 valence electrons. The average Bonchev–Trinajstić information content (AvgIpc) is 3.25. The molecule has 1 aromatic heterocycles. The molecule has 1 aromatic rings. The van der Waals surface area contributed by atoms with E-state index in [0.29, 0.717) is 23.5 Å². The molecule has 29 heavy (non-hydrogen) atoms. The standard InChI is InChI=1S/C25H34N2O2/c1-4-27-18(9-12-26-27)13-16-14-22-20-6-5-17-15-19(28)7-10-24(17,2)21(20)8-11-25(22,3)23(16)29/h5,9,12-13,19-22,28H,4,6-8,10-11,14-15H2,1-3H3/b16-13-/t19-,20-,21+,22+,24+,25+/m1/s1. The van der Waals surface area contributed by atoms with Gasteiger partial charge >= 0.3 is 0 Å². The number of aryl methyl sites for hydroxylation is 1. The summed E-state index contributed by atoms with van der Waals surface area (Å²) in [6.45, 7) is 7.59. The lowest BCUT2D eigenvalue weighted by atomic mass is 9.48. The number of rotatable bonds is 2. The SMILES string of the molecule is CCn1nccc1/C=C1/C[C@H]2[C@@H]3CC=C4C[C@H](O)CC[C@]4(C)[C@H]3CC[C@]2(C)C1=O. The van der Waals surface area contributed by atoms with Crippen molar-refractivity contribution in [2.75, 3.05) is 0 Å². The van der Waals surface area contributed by atoms with Gasteiger partial charge < -0.3 is 5.11 Å². The molecule has 0 aromatic carbocycles. The van der Waals surface area contributed by atoms with Crippen molar-refractivity contribution >= 4 is 11.9 Å². The Balaban J connectivity index is 1.48. The predicted molar refractivity (Wildman–Crippen MR) is 114 cm³/mol. The highest BCUT2D eigenvalue weighted by Crippen LogP contribution is 2.64. The van der Waals surface area contributed by atoms with E-state index >= 15 is 0 Å². The lowest BCUT2D eigenvalue weighted by molar-refractivity contribution is -0.130. The molecule has 0 bridgehead atoms. The molecular weight excluding hydrogens is 360 g/mol. The third-order valence-electron chi connectivity index (χ3n) is 9.09. The van der Waals surface area contributed by atoms with E-state index in [-0.39, 0.29) is 16.9 Å². The van der Waals surface area contributed by atoms with Gasteiger partial charge in [-0.15, -0.1) is 0 Å². The van der Waals surface area contributed by atoms with Crippen molar-refractivity contribution in [3.8, 4) is 0 Å². The normalized spacial score (nSPS) is 43.0. The van der Waals surface area contributed by atoms with Crippen LogP contribution < -0.4 is 0 Å². The maximum absolute atomic E-state index is 13.5. The van der Waals surface area contributed by atoms with E-state index in [4.69, 9.17) is 0 Å². The second-order valence-corrected chi connectivity index (χ2v) is 10.4. The molecule has 3 saturated carbocycles. The fourth-order valence-electron chi connectivity index (χ4n) is 7.35. The number of hydrogen-bond donors (Lipinski definition) is 1. The van der Waals surface area contributed by atoms with Gasteiger partial charge in [-0.05, 0) is 92.8 Å². The number of ketones is 1. The second kappa shape index (κ2) is 6.66. The summed E-state index contributed by atoms with van der Waals surface area (Å²) in [5, 5.41) is 14.6. The van der Waals surface area contributed by atoms with Crippen molar-refractivity contribution in [3.05, 3.63) is 35.2 Å². The molecule has 5 rings (SSSR count). The van der Waals surface area contributed by atoms with Gasteiger partial charge in [0.25, 0.3) is 0 Å². The number of aliphatic hydroxyl groups excluding tert-OH is 1. The van der Waals surface area contributed by atoms with Crippen LogP contribution in [0, 0.1) is 28.6 Å². The monoisotopic (exact) mass is 394 g/mol. The smallest absolute Gasteiger partial charge is 0.165 e. The molecule has 4 aliphatic carbocycles. The molecule has 6 atom stereocenters. The van der Waals surface area contributed by atoms with E-state index in [2.05, 4.69) is 38.0 Å². The minimum absolute atomic E-state index is 0.161. The summed E-state index contributed by atoms with van der Waals surface area (Å²) in [6.07, 6.45) is 13.2. The topological polar surface area (TPSA) is 55.1 Å². The zero-order valence-electron chi connectivity index (χ0n) is 18.0. The van der Waals surface area contributed by atoms with Crippen LogP contribution in [0.4, 0.5) is 0 Å². The molecule has 3 fully saturated rings. The number of carbonyl (C=O) groups is 1. The van der Waals surface area contributed by atoms with Crippen LogP contribution in [0.15, 0.2) is 29.5 Å². The van der Waals surface area contributed by atoms with Crippen molar-refractivity contribution in [2.24, 2.45) is 28.6 Å². The van der Waals surface area contributed by atoms with E-state index in [1.807, 2.05) is 16.9 Å². The zero-order valence-corrected chi connectivity index (χ0v) is 18.0. The van der Waals surface area contributed by atoms with Gasteiger partial charge in [-0.2, -0.15) is 5.10 Å². The molecule has 1 heterocycles. The molecule has 0 spiro atoms. The summed E-state index contributed by atoms with van der Waals surface area (Å²) in [5.74, 6) is 2.06. The second-order valence-electron chi connectivity index (χ2n) is 10.4. The van der Waals surface area contributed by atoms with Crippen molar-refractivity contribution in [1.82, 2.24) is 9.78 Å². The molecule has 0 saturated heterocycles. The lowest BCUT2D eigenvalue weighted by Gasteiger charge is -2.56. The molecule has 1 N–H and O–H groups in total. The fourth-order valence-corrected chi connectivity index (χ4v) is 7.35. The van der Waals surface area contributed by atoms with Crippen LogP contribution in [0.2, 0.25) is 0 Å². The first-order valence-electron chi connectivity index (χ1n) is 11.5. The van der Waals surface area contributed by atoms with Gasteiger partial charge in [0.1, 0.15) is 0 Å². The molecule has 4 aliphatic rings. The Bertz CT molecular complexity index is 896. The van der Waals surface area contributed by atoms with Crippen LogP contribution >= 0.6 is 0 Å². The number of fused-ring (bicyclic) bond motifs is 5. The van der Waals surface area contributed by atoms with Crippen LogP contribution in [0.1, 0.15) is 71.4 Å². The highest BCUT2D eigenvalue weighted by molar-refractivity contribution is 6.05. The highest BCUT2D eigenvalue weighted by Gasteiger charge is 2.59. The van der Waals surface area contributed by atoms with E-state index in [1.165, 1.54) is 5.57 Å². The Kier molecular flexibility index (Phi) is 4.43. The molecule has 4 nitrogen and oxygen atoms in total. The Hall–Kier alpha value is -1.68. The summed E-state index contributed by atoms with van der Waals surface area (Å²) in [5.41, 5.74) is 3.56. The van der Waals surface area contributed by atoms with E-state index < -0.39 is 0 Å². The van der Waals surface area contributed by atoms with Crippen molar-refractivity contribution in [3.63, 3.8) is 0 Å². The fraction of sp³-hybridized carbons (Fsp3) is 0.680. The van der Waals surface area contributed by atoms with E-state index in [9.17, 15) is 9.90 Å². The first-order chi connectivity index (χ1) is 13.9. The first-order valence-corrected chi connectivity index (χ1v) is 11.5. The van der Waals surface area contributed by atoms with E-state index in [0.717, 1.165) is 62.8 Å². The van der Waals surface area contributed by atoms with Gasteiger partial charge in [0.15, 0.2) is 5.78 Å². The lowest BCUT2D eigenvalue weighted by Crippen LogP contribution is -2.50. The maximum Gasteiger partial charge on any atom is 0.165 e. The Morgan fingerprint density at radius 2 is 2.00 bits per heavy atom. The average molecular weight is 395 g/mol. The number of nitrogens with zero attached hydrogens (tertiary/aromatic N) is 2. The Labute approximate surface area is 174 Å². The number of carbonyl (C=O) groups excluding carboxylic acids is 1. The van der Waals surface area contributed by atoms with Crippen LogP contribution in [0.5, 0.6) is 0 Å². The summed E-state index contributed by atoms with van der Waals surface area (Å²) >= 11 is 0. The number of hydrogen-bond acceptors (Lipinski definition) is 3. The van der Waals surface area contributed by atoms with Gasteiger partial charge in [-0.25, -0.2) is 0 Å². The maximum atomic E-state index is 13.5. The van der Waals surface area contributed by atoms with Crippen molar-refractivity contribution in [2.45, 2.75) is 78.4 Å². The summed E-state index contributed by atoms with van der Waals surface area (Å²) in [7, 11) is 0. The van der Waals surface area contributed by atoms with Gasteiger partial charge in [0, 0.05) is 18.2 Å². The van der Waals surface area contributed by atoms with Crippen LogP contribution in [-0.4, -0.2) is 26.8 Å². The van der Waals surface area contributed by atoms with Crippen molar-refractivity contribution < 1.29 is 9.90 Å². The minimum Gasteiger partial charge on any atom is -0.393 e. The quantitative estimate of drug-likeness (QED) is 0.580. The molecule has 0 amide bonds. The third-order valence-corrected chi connectivity index (χ3v) is 9.09. The molecule has 0 aliphatic heterocycles. The van der Waals surface area contributed by atoms with Gasteiger partial charge in [-0.3, -0.25) is 9.48 Å². The van der Waals surface area contributed by atoms with Gasteiger partial charge in [0.2, 0.25) is 0 Å². The largest absolute Gasteiger partial charge is 0.393 e. The summed E-state index contributed by atoms with van der Waals surface area (Å²) in [4.78, 5) is 13.5. The van der Waals surface area contributed by atoms with Crippen LogP contribution in [-0.2, 0) is 11.3 Å². The number of Topliss-reactive ketones (excluding diaryl/α,β-unsaturated/α-hetero) is 1. The predicted octanol–water partition coefficient (Wildman–Crippen LogP) is 4.79. The molecule has 0 radical (unpaired) electrons. The molecule has 0 unspecified atom stereocenters. The highest BCUT2D eigenvalue weighted by atomic mass is 16.3. The summed E-state index contributed by atoms with van der Waals surface area (Å²) < 4.78 is 1.97. The molecule has 4 heteroatoms. The first kappa shape index (κ1) is 19.3. The van der Waals surface area contributed by atoms with Gasteiger partial charge in [-0.1, -0.05) is 25.5 Å². The Morgan fingerprint density at radius 3 is 2.79 bits per heavy atom. The minimum atomic E-state index is -0.208.